The van der Waals surface area contributed by atoms with Gasteiger partial charge in [-0.2, -0.15) is 0 Å². The first kappa shape index (κ1) is 18.0. The molecular formula is C21H22NO4-. The Hall–Kier alpha value is -2.82. The maximum Gasteiger partial charge on any atom is 0.228 e. The van der Waals surface area contributed by atoms with Crippen molar-refractivity contribution < 1.29 is 19.4 Å². The van der Waals surface area contributed by atoms with Gasteiger partial charge in [0.2, 0.25) is 5.91 Å². The lowest BCUT2D eigenvalue weighted by Gasteiger charge is -2.31. The SMILES string of the molecule is O=C([O-])[C@H]1CCCC[C@H]1C(=O)Nc1ccc(OCc2ccccc2)cc1. The number of carboxylic acids is 1. The molecule has 2 aromatic rings. The van der Waals surface area contributed by atoms with Crippen LogP contribution < -0.4 is 15.2 Å². The second-order valence-corrected chi connectivity index (χ2v) is 6.60. The minimum absolute atomic E-state index is 0.253. The molecule has 1 aliphatic carbocycles. The van der Waals surface area contributed by atoms with Crippen LogP contribution in [-0.4, -0.2) is 11.9 Å². The van der Waals surface area contributed by atoms with Crippen molar-refractivity contribution >= 4 is 17.6 Å². The maximum absolute atomic E-state index is 12.4. The Balaban J connectivity index is 1.56. The van der Waals surface area contributed by atoms with Gasteiger partial charge < -0.3 is 20.0 Å². The van der Waals surface area contributed by atoms with Crippen LogP contribution in [0.2, 0.25) is 0 Å². The molecule has 0 bridgehead atoms. The van der Waals surface area contributed by atoms with E-state index < -0.39 is 17.8 Å². The summed E-state index contributed by atoms with van der Waals surface area (Å²) in [7, 11) is 0. The Morgan fingerprint density at radius 3 is 2.27 bits per heavy atom. The number of aliphatic carboxylic acids is 1. The van der Waals surface area contributed by atoms with Crippen LogP contribution in [0.5, 0.6) is 5.75 Å². The molecule has 1 amide bonds. The Bertz CT molecular complexity index is 742. The quantitative estimate of drug-likeness (QED) is 0.867. The average Bonchev–Trinajstić information content (AvgIpc) is 2.68. The van der Waals surface area contributed by atoms with Crippen LogP contribution in [0.4, 0.5) is 5.69 Å². The molecule has 1 saturated carbocycles. The van der Waals surface area contributed by atoms with E-state index in [4.69, 9.17) is 4.74 Å². The molecule has 2 atom stereocenters. The molecule has 26 heavy (non-hydrogen) atoms. The molecule has 0 aliphatic heterocycles. The van der Waals surface area contributed by atoms with Gasteiger partial charge in [0, 0.05) is 23.5 Å². The van der Waals surface area contributed by atoms with E-state index in [1.807, 2.05) is 30.3 Å². The molecule has 5 heteroatoms. The molecule has 5 nitrogen and oxygen atoms in total. The number of benzene rings is 2. The highest BCUT2D eigenvalue weighted by molar-refractivity contribution is 5.95. The molecular weight excluding hydrogens is 330 g/mol. The summed E-state index contributed by atoms with van der Waals surface area (Å²) in [5.41, 5.74) is 1.71. The zero-order valence-corrected chi connectivity index (χ0v) is 14.5. The first-order chi connectivity index (χ1) is 12.6. The van der Waals surface area contributed by atoms with Gasteiger partial charge in [-0.05, 0) is 42.7 Å². The molecule has 1 aliphatic rings. The van der Waals surface area contributed by atoms with Crippen molar-refractivity contribution in [1.29, 1.82) is 0 Å². The van der Waals surface area contributed by atoms with Crippen LogP contribution in [0.15, 0.2) is 54.6 Å². The Labute approximate surface area is 153 Å². The summed E-state index contributed by atoms with van der Waals surface area (Å²) in [4.78, 5) is 23.7. The van der Waals surface area contributed by atoms with E-state index in [-0.39, 0.29) is 5.91 Å². The Morgan fingerprint density at radius 2 is 1.62 bits per heavy atom. The fourth-order valence-corrected chi connectivity index (χ4v) is 3.34. The zero-order valence-electron chi connectivity index (χ0n) is 14.5. The van der Waals surface area contributed by atoms with Gasteiger partial charge in [0.25, 0.3) is 0 Å². The summed E-state index contributed by atoms with van der Waals surface area (Å²) < 4.78 is 5.72. The molecule has 0 spiro atoms. The van der Waals surface area contributed by atoms with Crippen molar-refractivity contribution in [3.8, 4) is 5.75 Å². The van der Waals surface area contributed by atoms with Crippen molar-refractivity contribution in [2.75, 3.05) is 5.32 Å². The minimum Gasteiger partial charge on any atom is -0.550 e. The molecule has 3 rings (SSSR count). The van der Waals surface area contributed by atoms with E-state index >= 15 is 0 Å². The van der Waals surface area contributed by atoms with Gasteiger partial charge in [0.15, 0.2) is 0 Å². The van der Waals surface area contributed by atoms with Gasteiger partial charge in [-0.1, -0.05) is 43.2 Å². The molecule has 1 N–H and O–H groups in total. The van der Waals surface area contributed by atoms with Gasteiger partial charge in [-0.25, -0.2) is 0 Å². The molecule has 0 heterocycles. The van der Waals surface area contributed by atoms with E-state index in [0.29, 0.717) is 30.9 Å². The van der Waals surface area contributed by atoms with Crippen LogP contribution in [0.3, 0.4) is 0 Å². The second-order valence-electron chi connectivity index (χ2n) is 6.60. The van der Waals surface area contributed by atoms with Crippen molar-refractivity contribution in [1.82, 2.24) is 0 Å². The largest absolute Gasteiger partial charge is 0.550 e. The highest BCUT2D eigenvalue weighted by Gasteiger charge is 2.31. The van der Waals surface area contributed by atoms with Crippen molar-refractivity contribution in [2.24, 2.45) is 11.8 Å². The predicted octanol–water partition coefficient (Wildman–Crippen LogP) is 2.76. The summed E-state index contributed by atoms with van der Waals surface area (Å²) >= 11 is 0. The summed E-state index contributed by atoms with van der Waals surface area (Å²) in [6.07, 6.45) is 2.79. The third-order valence-electron chi connectivity index (χ3n) is 4.78. The number of ether oxygens (including phenoxy) is 1. The van der Waals surface area contributed by atoms with Gasteiger partial charge >= 0.3 is 0 Å². The highest BCUT2D eigenvalue weighted by atomic mass is 16.5. The first-order valence-corrected chi connectivity index (χ1v) is 8.92. The standard InChI is InChI=1S/C21H23NO4/c23-20(18-8-4-5-9-19(18)21(24)25)22-16-10-12-17(13-11-16)26-14-15-6-2-1-3-7-15/h1-3,6-7,10-13,18-19H,4-5,8-9,14H2,(H,22,23)(H,24,25)/p-1/t18-,19+/m1/s1. The number of rotatable bonds is 6. The third-order valence-corrected chi connectivity index (χ3v) is 4.78. The molecule has 0 aromatic heterocycles. The highest BCUT2D eigenvalue weighted by Crippen LogP contribution is 2.31. The summed E-state index contributed by atoms with van der Waals surface area (Å²) in [5, 5.41) is 14.1. The van der Waals surface area contributed by atoms with E-state index in [1.54, 1.807) is 24.3 Å². The first-order valence-electron chi connectivity index (χ1n) is 8.92. The number of carbonyl (C=O) groups excluding carboxylic acids is 2. The maximum atomic E-state index is 12.4. The Morgan fingerprint density at radius 1 is 0.962 bits per heavy atom. The smallest absolute Gasteiger partial charge is 0.228 e. The van der Waals surface area contributed by atoms with Gasteiger partial charge in [0.05, 0.1) is 0 Å². The normalized spacial score (nSPS) is 19.5. The van der Waals surface area contributed by atoms with Crippen molar-refractivity contribution in [2.45, 2.75) is 32.3 Å². The number of nitrogens with one attached hydrogen (secondary N) is 1. The van der Waals surface area contributed by atoms with Crippen molar-refractivity contribution in [3.63, 3.8) is 0 Å². The van der Waals surface area contributed by atoms with Gasteiger partial charge in [-0.15, -0.1) is 0 Å². The number of hydrogen-bond donors (Lipinski definition) is 1. The van der Waals surface area contributed by atoms with Gasteiger partial charge in [-0.3, -0.25) is 4.79 Å². The fourth-order valence-electron chi connectivity index (χ4n) is 3.34. The minimum atomic E-state index is -1.13. The lowest BCUT2D eigenvalue weighted by molar-refractivity contribution is -0.313. The van der Waals surface area contributed by atoms with Crippen LogP contribution in [0.1, 0.15) is 31.2 Å². The van der Waals surface area contributed by atoms with E-state index in [1.165, 1.54) is 0 Å². The topological polar surface area (TPSA) is 78.5 Å². The molecule has 0 unspecified atom stereocenters. The molecule has 2 aromatic carbocycles. The monoisotopic (exact) mass is 352 g/mol. The summed E-state index contributed by atoms with van der Waals surface area (Å²) in [6, 6.07) is 17.0. The van der Waals surface area contributed by atoms with Crippen LogP contribution in [-0.2, 0) is 16.2 Å². The number of carboxylic acid groups (broad SMARTS) is 1. The predicted molar refractivity (Wildman–Crippen MR) is 96.3 cm³/mol. The number of anilines is 1. The molecule has 0 radical (unpaired) electrons. The van der Waals surface area contributed by atoms with Crippen LogP contribution >= 0.6 is 0 Å². The number of hydrogen-bond acceptors (Lipinski definition) is 4. The number of amides is 1. The molecule has 136 valence electrons. The van der Waals surface area contributed by atoms with Crippen LogP contribution in [0, 0.1) is 11.8 Å². The Kier molecular flexibility index (Phi) is 5.89. The summed E-state index contributed by atoms with van der Waals surface area (Å²) in [5.74, 6) is -1.90. The second kappa shape index (κ2) is 8.52. The third kappa shape index (κ3) is 4.63. The van der Waals surface area contributed by atoms with Gasteiger partial charge in [0.1, 0.15) is 12.4 Å². The zero-order chi connectivity index (χ0) is 18.4. The number of carbonyl (C=O) groups is 2. The van der Waals surface area contributed by atoms with E-state index in [2.05, 4.69) is 5.32 Å². The van der Waals surface area contributed by atoms with Crippen molar-refractivity contribution in [3.05, 3.63) is 60.2 Å². The van der Waals surface area contributed by atoms with E-state index in [0.717, 1.165) is 18.4 Å². The lowest BCUT2D eigenvalue weighted by atomic mass is 9.78. The van der Waals surface area contributed by atoms with E-state index in [9.17, 15) is 14.7 Å². The molecule has 0 saturated heterocycles. The fraction of sp³-hybridized carbons (Fsp3) is 0.333. The lowest BCUT2D eigenvalue weighted by Crippen LogP contribution is -2.42. The molecule has 1 fully saturated rings. The van der Waals surface area contributed by atoms with Crippen LogP contribution in [0.25, 0.3) is 0 Å². The average molecular weight is 352 g/mol. The summed E-state index contributed by atoms with van der Waals surface area (Å²) in [6.45, 7) is 0.474.